The third kappa shape index (κ3) is 2.03. The summed E-state index contributed by atoms with van der Waals surface area (Å²) in [7, 11) is 0. The molecule has 2 rings (SSSR count). The van der Waals surface area contributed by atoms with Gasteiger partial charge < -0.3 is 10.1 Å². The number of anilines is 1. The van der Waals surface area contributed by atoms with Crippen LogP contribution in [0.15, 0.2) is 12.1 Å². The zero-order valence-corrected chi connectivity index (χ0v) is 9.96. The van der Waals surface area contributed by atoms with Gasteiger partial charge in [-0.15, -0.1) is 0 Å². The smallest absolute Gasteiger partial charge is 0.308 e. The summed E-state index contributed by atoms with van der Waals surface area (Å²) in [6, 6.07) is 4.33. The van der Waals surface area contributed by atoms with Crippen LogP contribution in [0.3, 0.4) is 0 Å². The van der Waals surface area contributed by atoms with Crippen molar-refractivity contribution >= 4 is 11.7 Å². The Kier molecular flexibility index (Phi) is 2.86. The largest absolute Gasteiger partial charge is 0.463 e. The minimum absolute atomic E-state index is 0.111. The summed E-state index contributed by atoms with van der Waals surface area (Å²) < 4.78 is 4.95. The molecule has 86 valence electrons. The van der Waals surface area contributed by atoms with E-state index in [4.69, 9.17) is 4.74 Å². The highest BCUT2D eigenvalue weighted by molar-refractivity contribution is 5.73. The van der Waals surface area contributed by atoms with Crippen LogP contribution >= 0.6 is 0 Å². The van der Waals surface area contributed by atoms with E-state index in [2.05, 4.69) is 38.2 Å². The number of esters is 1. The summed E-state index contributed by atoms with van der Waals surface area (Å²) in [5.41, 5.74) is 4.86. The van der Waals surface area contributed by atoms with E-state index in [9.17, 15) is 4.79 Å². The number of benzene rings is 1. The van der Waals surface area contributed by atoms with Crippen LogP contribution in [0.25, 0.3) is 0 Å². The monoisotopic (exact) mass is 219 g/mol. The molecule has 0 radical (unpaired) electrons. The van der Waals surface area contributed by atoms with Gasteiger partial charge in [0, 0.05) is 5.69 Å². The van der Waals surface area contributed by atoms with Gasteiger partial charge in [-0.25, -0.2) is 0 Å². The Labute approximate surface area is 95.8 Å². The molecule has 0 amide bonds. The molecule has 1 fully saturated rings. The Hall–Kier alpha value is -1.51. The molecule has 1 aromatic carbocycles. The Bertz CT molecular complexity index is 426. The van der Waals surface area contributed by atoms with Crippen molar-refractivity contribution in [2.75, 3.05) is 11.9 Å². The number of cyclic esters (lactones) is 1. The van der Waals surface area contributed by atoms with Gasteiger partial charge >= 0.3 is 5.97 Å². The fourth-order valence-corrected chi connectivity index (χ4v) is 1.98. The highest BCUT2D eigenvalue weighted by atomic mass is 16.5. The first-order chi connectivity index (χ1) is 7.58. The van der Waals surface area contributed by atoms with E-state index in [0.29, 0.717) is 13.0 Å². The maximum Gasteiger partial charge on any atom is 0.308 e. The van der Waals surface area contributed by atoms with E-state index >= 15 is 0 Å². The van der Waals surface area contributed by atoms with Gasteiger partial charge in [0.2, 0.25) is 0 Å². The number of rotatable bonds is 2. The third-order valence-corrected chi connectivity index (χ3v) is 3.15. The van der Waals surface area contributed by atoms with Crippen LogP contribution < -0.4 is 5.32 Å². The minimum Gasteiger partial charge on any atom is -0.463 e. The molecule has 1 aromatic rings. The standard InChI is InChI=1S/C13H17NO2/c1-8-4-5-9(2)13(10(8)3)14-11-6-12(15)16-7-11/h4-5,11,14H,6-7H2,1-3H3. The fraction of sp³-hybridized carbons (Fsp3) is 0.462. The summed E-state index contributed by atoms with van der Waals surface area (Å²) >= 11 is 0. The molecule has 0 spiro atoms. The van der Waals surface area contributed by atoms with Crippen LogP contribution in [0.1, 0.15) is 23.1 Å². The van der Waals surface area contributed by atoms with Gasteiger partial charge in [-0.2, -0.15) is 0 Å². The van der Waals surface area contributed by atoms with E-state index in [1.165, 1.54) is 16.7 Å². The number of ether oxygens (including phenoxy) is 1. The minimum atomic E-state index is -0.111. The van der Waals surface area contributed by atoms with Gasteiger partial charge in [-0.3, -0.25) is 4.79 Å². The maximum absolute atomic E-state index is 11.0. The maximum atomic E-state index is 11.0. The second-order valence-electron chi connectivity index (χ2n) is 4.43. The second-order valence-corrected chi connectivity index (χ2v) is 4.43. The molecule has 3 nitrogen and oxygen atoms in total. The summed E-state index contributed by atoms with van der Waals surface area (Å²) in [5, 5.41) is 3.40. The summed E-state index contributed by atoms with van der Waals surface area (Å²) in [6.07, 6.45) is 0.465. The molecule has 1 atom stereocenters. The first-order valence-corrected chi connectivity index (χ1v) is 5.57. The van der Waals surface area contributed by atoms with Crippen molar-refractivity contribution in [1.29, 1.82) is 0 Å². The van der Waals surface area contributed by atoms with Gasteiger partial charge in [0.05, 0.1) is 12.5 Å². The molecular formula is C13H17NO2. The number of aryl methyl sites for hydroxylation is 2. The predicted octanol–water partition coefficient (Wildman–Crippen LogP) is 2.34. The molecule has 0 aliphatic carbocycles. The summed E-state index contributed by atoms with van der Waals surface area (Å²) in [6.45, 7) is 6.75. The van der Waals surface area contributed by atoms with Gasteiger partial charge in [0.15, 0.2) is 0 Å². The highest BCUT2D eigenvalue weighted by Gasteiger charge is 2.24. The lowest BCUT2D eigenvalue weighted by atomic mass is 10.0. The van der Waals surface area contributed by atoms with E-state index in [-0.39, 0.29) is 12.0 Å². The number of hydrogen-bond donors (Lipinski definition) is 1. The van der Waals surface area contributed by atoms with Crippen LogP contribution in [0, 0.1) is 20.8 Å². The average Bonchev–Trinajstić information content (AvgIpc) is 2.65. The third-order valence-electron chi connectivity index (χ3n) is 3.15. The lowest BCUT2D eigenvalue weighted by molar-refractivity contribution is -0.137. The molecule has 1 heterocycles. The lowest BCUT2D eigenvalue weighted by Crippen LogP contribution is -2.20. The first kappa shape index (κ1) is 11.0. The number of carbonyl (C=O) groups is 1. The van der Waals surface area contributed by atoms with E-state index in [1.807, 2.05) is 0 Å². The molecule has 1 N–H and O–H groups in total. The second kappa shape index (κ2) is 4.16. The number of hydrogen-bond acceptors (Lipinski definition) is 3. The molecule has 16 heavy (non-hydrogen) atoms. The number of carbonyl (C=O) groups excluding carboxylic acids is 1. The van der Waals surface area contributed by atoms with Crippen molar-refractivity contribution in [1.82, 2.24) is 0 Å². The van der Waals surface area contributed by atoms with Gasteiger partial charge in [-0.1, -0.05) is 12.1 Å². The molecule has 1 unspecified atom stereocenters. The topological polar surface area (TPSA) is 38.3 Å². The van der Waals surface area contributed by atoms with Gasteiger partial charge in [0.25, 0.3) is 0 Å². The Morgan fingerprint density at radius 1 is 1.25 bits per heavy atom. The number of nitrogens with one attached hydrogen (secondary N) is 1. The summed E-state index contributed by atoms with van der Waals surface area (Å²) in [4.78, 5) is 11.0. The molecule has 3 heteroatoms. The normalized spacial score (nSPS) is 19.7. The van der Waals surface area contributed by atoms with Crippen LogP contribution in [0.2, 0.25) is 0 Å². The van der Waals surface area contributed by atoms with Crippen molar-refractivity contribution in [3.63, 3.8) is 0 Å². The Morgan fingerprint density at radius 3 is 2.56 bits per heavy atom. The molecule has 0 bridgehead atoms. The predicted molar refractivity (Wildman–Crippen MR) is 63.6 cm³/mol. The average molecular weight is 219 g/mol. The SMILES string of the molecule is Cc1ccc(C)c(NC2COC(=O)C2)c1C. The molecule has 0 saturated carbocycles. The molecule has 0 aromatic heterocycles. The summed E-state index contributed by atoms with van der Waals surface area (Å²) in [5.74, 6) is -0.111. The highest BCUT2D eigenvalue weighted by Crippen LogP contribution is 2.25. The van der Waals surface area contributed by atoms with Crippen molar-refractivity contribution in [2.24, 2.45) is 0 Å². The van der Waals surface area contributed by atoms with Gasteiger partial charge in [-0.05, 0) is 37.5 Å². The van der Waals surface area contributed by atoms with Crippen molar-refractivity contribution in [3.05, 3.63) is 28.8 Å². The molecule has 1 saturated heterocycles. The molecule has 1 aliphatic heterocycles. The van der Waals surface area contributed by atoms with Crippen LogP contribution in [-0.2, 0) is 9.53 Å². The molecule has 1 aliphatic rings. The Morgan fingerprint density at radius 2 is 1.94 bits per heavy atom. The quantitative estimate of drug-likeness (QED) is 0.776. The van der Waals surface area contributed by atoms with E-state index in [0.717, 1.165) is 5.69 Å². The van der Waals surface area contributed by atoms with Crippen LogP contribution in [-0.4, -0.2) is 18.6 Å². The van der Waals surface area contributed by atoms with Crippen molar-refractivity contribution in [3.8, 4) is 0 Å². The van der Waals surface area contributed by atoms with Gasteiger partial charge in [0.1, 0.15) is 6.61 Å². The Balaban J connectivity index is 2.21. The van der Waals surface area contributed by atoms with Crippen LogP contribution in [0.4, 0.5) is 5.69 Å². The first-order valence-electron chi connectivity index (χ1n) is 5.57. The van der Waals surface area contributed by atoms with Crippen molar-refractivity contribution in [2.45, 2.75) is 33.2 Å². The zero-order chi connectivity index (χ0) is 11.7. The van der Waals surface area contributed by atoms with E-state index in [1.54, 1.807) is 0 Å². The molecular weight excluding hydrogens is 202 g/mol. The van der Waals surface area contributed by atoms with Crippen molar-refractivity contribution < 1.29 is 9.53 Å². The lowest BCUT2D eigenvalue weighted by Gasteiger charge is -2.17. The van der Waals surface area contributed by atoms with E-state index < -0.39 is 0 Å². The van der Waals surface area contributed by atoms with Crippen LogP contribution in [0.5, 0.6) is 0 Å². The fourth-order valence-electron chi connectivity index (χ4n) is 1.98. The zero-order valence-electron chi connectivity index (χ0n) is 9.96.